The zero-order valence-corrected chi connectivity index (χ0v) is 36.6. The number of aromatic nitrogens is 2. The zero-order valence-electron chi connectivity index (χ0n) is 35.0. The summed E-state index contributed by atoms with van der Waals surface area (Å²) in [6, 6.07) is 11.5. The molecule has 1 saturated carbocycles. The molecule has 0 radical (unpaired) electrons. The minimum Gasteiger partial charge on any atom is -0.490 e. The summed E-state index contributed by atoms with van der Waals surface area (Å²) in [5.74, 6) is -0.771. The maximum Gasteiger partial charge on any atom is 0.286 e. The van der Waals surface area contributed by atoms with Crippen molar-refractivity contribution in [2.24, 2.45) is 29.2 Å². The lowest BCUT2D eigenvalue weighted by atomic mass is 9.68. The number of nitrogens with one attached hydrogen (secondary N) is 1. The average molecular weight is 865 g/mol. The number of benzene rings is 2. The Hall–Kier alpha value is -3.99. The first-order chi connectivity index (χ1) is 29.0. The number of carbonyl (C=O) groups excluding carboxylic acids is 2. The first-order valence-corrected chi connectivity index (χ1v) is 23.1. The highest BCUT2D eigenvalue weighted by Crippen LogP contribution is 2.47. The molecule has 5 aliphatic rings. The summed E-state index contributed by atoms with van der Waals surface area (Å²) in [4.78, 5) is 32.9. The van der Waals surface area contributed by atoms with E-state index in [2.05, 4.69) is 42.2 Å². The zero-order chi connectivity index (χ0) is 42.0. The lowest BCUT2D eigenvalue weighted by molar-refractivity contribution is -0.0000880. The predicted molar refractivity (Wildman–Crippen MR) is 230 cm³/mol. The first-order valence-electron chi connectivity index (χ1n) is 21.1. The van der Waals surface area contributed by atoms with Crippen LogP contribution in [-0.2, 0) is 43.0 Å². The van der Waals surface area contributed by atoms with Crippen molar-refractivity contribution in [2.45, 2.75) is 56.7 Å². The Morgan fingerprint density at radius 2 is 1.92 bits per heavy atom. The molecule has 0 unspecified atom stereocenters. The van der Waals surface area contributed by atoms with E-state index in [1.807, 2.05) is 31.2 Å². The molecule has 7 atom stereocenters. The summed E-state index contributed by atoms with van der Waals surface area (Å²) in [7, 11) is 1.03. The highest BCUT2D eigenvalue weighted by molar-refractivity contribution is 7.92. The summed E-state index contributed by atoms with van der Waals surface area (Å²) in [6.07, 6.45) is 9.80. The van der Waals surface area contributed by atoms with E-state index in [-0.39, 0.29) is 40.2 Å². The Morgan fingerprint density at radius 1 is 1.10 bits per heavy atom. The van der Waals surface area contributed by atoms with E-state index < -0.39 is 33.8 Å². The topological polar surface area (TPSA) is 146 Å². The standard InChI is InChI=1S/C44H57ClN6O8S/c1-29-26-60(54,48-42(53)35-25-49(2)46-43(35)56-4)47-41(52)31-8-12-40-37(23-31)51(27-44(28-59-40)15-5-6-30-22-33(45)9-11-36(30)44)24-32-7-10-34(32)39(55-3)14-13-38(29)58-21-18-50-16-19-57-20-17-50/h8-9,11-14,22-23,25,29,32,34,38-39H,5-7,10,15-21,24,26-28H2,1-4H3,(H,47,48,52,53,54)/b14-13+/t29-,32+,34-,38+,39+,44+,60+/m1/s1. The van der Waals surface area contributed by atoms with Gasteiger partial charge < -0.3 is 28.6 Å². The van der Waals surface area contributed by atoms with Crippen molar-refractivity contribution in [3.63, 3.8) is 0 Å². The molecule has 14 nitrogen and oxygen atoms in total. The van der Waals surface area contributed by atoms with Crippen LogP contribution in [0.2, 0.25) is 5.02 Å². The highest BCUT2D eigenvalue weighted by Gasteiger charge is 2.44. The van der Waals surface area contributed by atoms with Gasteiger partial charge >= 0.3 is 0 Å². The normalized spacial score (nSPS) is 30.2. The van der Waals surface area contributed by atoms with E-state index >= 15 is 4.21 Å². The monoisotopic (exact) mass is 864 g/mol. The molecule has 1 aromatic heterocycles. The summed E-state index contributed by atoms with van der Waals surface area (Å²) >= 11 is 6.51. The Bertz CT molecular complexity index is 2220. The van der Waals surface area contributed by atoms with Crippen molar-refractivity contribution in [3.8, 4) is 11.6 Å². The fourth-order valence-corrected chi connectivity index (χ4v) is 11.7. The number of nitrogens with zero attached hydrogens (tertiary/aromatic N) is 5. The Kier molecular flexibility index (Phi) is 12.9. The van der Waals surface area contributed by atoms with Gasteiger partial charge in [0.25, 0.3) is 11.8 Å². The van der Waals surface area contributed by atoms with Gasteiger partial charge in [0.05, 0.1) is 57.2 Å². The lowest BCUT2D eigenvalue weighted by Gasteiger charge is -2.46. The van der Waals surface area contributed by atoms with Crippen LogP contribution in [0.1, 0.15) is 64.4 Å². The van der Waals surface area contributed by atoms with Crippen molar-refractivity contribution >= 4 is 39.0 Å². The molecule has 8 rings (SSSR count). The van der Waals surface area contributed by atoms with Gasteiger partial charge in [-0.1, -0.05) is 36.7 Å². The first kappa shape index (κ1) is 42.7. The molecule has 1 spiro atoms. The number of fused-ring (bicyclic) bond motifs is 4. The van der Waals surface area contributed by atoms with Crippen LogP contribution in [0.3, 0.4) is 0 Å². The predicted octanol–water partition coefficient (Wildman–Crippen LogP) is 5.47. The minimum atomic E-state index is -3.78. The largest absolute Gasteiger partial charge is 0.490 e. The number of amides is 2. The summed E-state index contributed by atoms with van der Waals surface area (Å²) in [5, 5.41) is 4.93. The van der Waals surface area contributed by atoms with E-state index in [4.69, 9.17) is 35.3 Å². The maximum absolute atomic E-state index is 15.2. The molecule has 3 aromatic rings. The molecular weight excluding hydrogens is 808 g/mol. The van der Waals surface area contributed by atoms with Crippen LogP contribution in [0.4, 0.5) is 5.69 Å². The molecule has 60 heavy (non-hydrogen) atoms. The van der Waals surface area contributed by atoms with Gasteiger partial charge in [-0.15, -0.1) is 9.46 Å². The number of rotatable bonds is 8. The van der Waals surface area contributed by atoms with Crippen LogP contribution >= 0.6 is 11.6 Å². The third-order valence-corrected chi connectivity index (χ3v) is 15.2. The number of halogens is 1. The molecule has 1 N–H and O–H groups in total. The van der Waals surface area contributed by atoms with Crippen molar-refractivity contribution in [1.82, 2.24) is 19.4 Å². The quantitative estimate of drug-likeness (QED) is 0.288. The van der Waals surface area contributed by atoms with Crippen molar-refractivity contribution in [1.29, 1.82) is 0 Å². The van der Waals surface area contributed by atoms with Gasteiger partial charge in [-0.25, -0.2) is 4.21 Å². The Balaban J connectivity index is 1.19. The summed E-state index contributed by atoms with van der Waals surface area (Å²) in [6.45, 7) is 7.89. The SMILES string of the molecule is COc1nn(C)cc1C(=O)N[S@@]1(=O)=NC(=O)c2ccc3c(c2)N(C[C@@H]2CC[C@H]2[C@@H](OC)/C=C/[C@H](OCCN2CCOCC2)[C@H](C)C1)C[C@@]1(CCCc2cc(Cl)ccc21)CO3. The van der Waals surface area contributed by atoms with Crippen LogP contribution in [0, 0.1) is 17.8 Å². The molecule has 2 aliphatic carbocycles. The number of morpholine rings is 1. The minimum absolute atomic E-state index is 0.0602. The van der Waals surface area contributed by atoms with Gasteiger partial charge in [-0.05, 0) is 85.4 Å². The van der Waals surface area contributed by atoms with Gasteiger partial charge in [-0.2, -0.15) is 0 Å². The van der Waals surface area contributed by atoms with Gasteiger partial charge in [0, 0.05) is 75.0 Å². The third kappa shape index (κ3) is 9.12. The fraction of sp³-hybridized carbons (Fsp3) is 0.568. The van der Waals surface area contributed by atoms with Gasteiger partial charge in [0.15, 0.2) is 0 Å². The lowest BCUT2D eigenvalue weighted by Crippen LogP contribution is -2.49. The van der Waals surface area contributed by atoms with Gasteiger partial charge in [0.2, 0.25) is 5.88 Å². The molecule has 2 amide bonds. The second kappa shape index (κ2) is 18.2. The van der Waals surface area contributed by atoms with Crippen LogP contribution in [-0.4, -0.2) is 122 Å². The molecule has 324 valence electrons. The molecule has 2 bridgehead atoms. The smallest absolute Gasteiger partial charge is 0.286 e. The fourth-order valence-electron chi connectivity index (χ4n) is 9.67. The molecule has 16 heteroatoms. The molecule has 3 aliphatic heterocycles. The van der Waals surface area contributed by atoms with E-state index in [1.54, 1.807) is 20.2 Å². The van der Waals surface area contributed by atoms with Crippen LogP contribution in [0.5, 0.6) is 11.6 Å². The number of ether oxygens (including phenoxy) is 5. The number of carbonyl (C=O) groups is 2. The molecule has 2 aromatic carbocycles. The molecule has 1 saturated heterocycles. The van der Waals surface area contributed by atoms with E-state index in [9.17, 15) is 9.59 Å². The van der Waals surface area contributed by atoms with Crippen LogP contribution in [0.25, 0.3) is 0 Å². The van der Waals surface area contributed by atoms with E-state index in [0.29, 0.717) is 51.2 Å². The number of anilines is 1. The maximum atomic E-state index is 15.2. The van der Waals surface area contributed by atoms with Gasteiger partial charge in [0.1, 0.15) is 21.2 Å². The van der Waals surface area contributed by atoms with Crippen molar-refractivity contribution < 1.29 is 37.5 Å². The van der Waals surface area contributed by atoms with Crippen LogP contribution < -0.4 is 19.1 Å². The number of methoxy groups -OCH3 is 2. The molecule has 2 fully saturated rings. The van der Waals surface area contributed by atoms with E-state index in [1.165, 1.54) is 29.1 Å². The number of hydrogen-bond acceptors (Lipinski definition) is 11. The second-order valence-electron chi connectivity index (χ2n) is 17.0. The van der Waals surface area contributed by atoms with Gasteiger partial charge in [-0.3, -0.25) is 23.9 Å². The average Bonchev–Trinajstić information content (AvgIpc) is 3.54. The Labute approximate surface area is 358 Å². The summed E-state index contributed by atoms with van der Waals surface area (Å²) < 4.78 is 54.0. The van der Waals surface area contributed by atoms with Crippen molar-refractivity contribution in [3.05, 3.63) is 82.0 Å². The third-order valence-electron chi connectivity index (χ3n) is 13.0. The second-order valence-corrected chi connectivity index (χ2v) is 19.4. The number of aryl methyl sites for hydroxylation is 2. The molecular formula is C44H57ClN6O8S. The molecule has 4 heterocycles. The Morgan fingerprint density at radius 3 is 2.68 bits per heavy atom. The van der Waals surface area contributed by atoms with Crippen molar-refractivity contribution in [2.75, 3.05) is 84.0 Å². The summed E-state index contributed by atoms with van der Waals surface area (Å²) in [5.41, 5.74) is 3.29. The van der Waals surface area contributed by atoms with E-state index in [0.717, 1.165) is 62.4 Å². The van der Waals surface area contributed by atoms with Crippen LogP contribution in [0.15, 0.2) is 59.1 Å². The highest BCUT2D eigenvalue weighted by atomic mass is 35.5. The number of hydrogen-bond donors (Lipinski definition) is 1.